The Kier molecular flexibility index (Phi) is 18.1. The van der Waals surface area contributed by atoms with Gasteiger partial charge in [0.2, 0.25) is 0 Å². The summed E-state index contributed by atoms with van der Waals surface area (Å²) < 4.78 is 14.3. The minimum atomic E-state index is 0.831. The Hall–Kier alpha value is -16.8. The molecule has 0 aliphatic heterocycles. The van der Waals surface area contributed by atoms with Crippen molar-refractivity contribution in [2.75, 3.05) is 0 Å². The van der Waals surface area contributed by atoms with E-state index >= 15 is 0 Å². The van der Waals surface area contributed by atoms with Gasteiger partial charge in [0.15, 0.2) is 0 Å². The summed E-state index contributed by atoms with van der Waals surface area (Å²) in [5.41, 5.74) is 24.9. The normalized spacial score (nSPS) is 11.7. The topological polar surface area (TPSA) is 146 Å². The number of fused-ring (bicyclic) bond motifs is 20. The molecule has 0 N–H and O–H groups in total. The van der Waals surface area contributed by atoms with Crippen LogP contribution in [0.1, 0.15) is 0 Å². The molecule has 0 aliphatic carbocycles. The van der Waals surface area contributed by atoms with Gasteiger partial charge in [0.25, 0.3) is 0 Å². The third kappa shape index (κ3) is 12.4. The predicted octanol–water partition coefficient (Wildman–Crippen LogP) is 28.4. The lowest BCUT2D eigenvalue weighted by Crippen LogP contribution is -1.99. The number of thiazole rings is 3. The molecule has 129 heavy (non-hydrogen) atoms. The summed E-state index contributed by atoms with van der Waals surface area (Å²) in [7, 11) is 0. The number of rotatable bonds is 12. The van der Waals surface area contributed by atoms with Gasteiger partial charge < -0.3 is 13.7 Å². The first kappa shape index (κ1) is 74.8. The molecule has 15 aromatic heterocycles. The average Bonchev–Trinajstić information content (AvgIpc) is 1.54. The van der Waals surface area contributed by atoms with Crippen molar-refractivity contribution in [1.82, 2.24) is 72.3 Å². The number of nitrogens with zero attached hydrogens (tertiary/aromatic N) is 15. The SMILES string of the molecule is c1ccc(-n2c3ccccc3c3c4c5ccccc5n(-c5sc(-c6ccccn6)nc5-c5ccccn5)c4ccc32)cc1.c1ccc(-n2c3ccccc3c3cc4c5ccccc5n(-c5sc(-c6ccccn6)nc5-c5ccccn5)c4cc32)cc1.c1ccc(-n2c3ccccc3c3ccc4c5ccccc5n(-c5sc(-c6ccccn6)nc5-c5ccccn5)c4c32)cc1. The van der Waals surface area contributed by atoms with Crippen LogP contribution in [0.5, 0.6) is 0 Å². The first-order valence-corrected chi connectivity index (χ1v) is 45.1. The molecule has 0 atom stereocenters. The molecule has 0 bridgehead atoms. The van der Waals surface area contributed by atoms with Crippen LogP contribution in [0.2, 0.25) is 0 Å². The van der Waals surface area contributed by atoms with E-state index < -0.39 is 0 Å². The zero-order valence-corrected chi connectivity index (χ0v) is 71.2. The highest BCUT2D eigenvalue weighted by molar-refractivity contribution is 7.18. The van der Waals surface area contributed by atoms with Gasteiger partial charge in [0, 0.05) is 119 Å². The quantitative estimate of drug-likeness (QED) is 0.117. The fourth-order valence-electron chi connectivity index (χ4n) is 18.9. The molecule has 0 aliphatic rings. The van der Waals surface area contributed by atoms with Crippen molar-refractivity contribution in [1.29, 1.82) is 0 Å². The van der Waals surface area contributed by atoms with E-state index in [1.165, 1.54) is 92.2 Å². The van der Waals surface area contributed by atoms with Crippen LogP contribution in [0.25, 0.3) is 229 Å². The van der Waals surface area contributed by atoms with E-state index in [1.807, 2.05) is 146 Å². The highest BCUT2D eigenvalue weighted by Gasteiger charge is 2.30. The summed E-state index contributed by atoms with van der Waals surface area (Å²) in [4.78, 5) is 43.6. The van der Waals surface area contributed by atoms with Gasteiger partial charge in [-0.15, -0.1) is 0 Å². The van der Waals surface area contributed by atoms with Crippen LogP contribution in [0, 0.1) is 0 Å². The molecule has 0 spiro atoms. The average molecular weight is 1710 g/mol. The van der Waals surface area contributed by atoms with Crippen molar-refractivity contribution >= 4 is 165 Å². The van der Waals surface area contributed by atoms with E-state index in [0.29, 0.717) is 0 Å². The molecule has 0 saturated heterocycles. The minimum absolute atomic E-state index is 0.831. The fourth-order valence-corrected chi connectivity index (χ4v) is 22.1. The first-order valence-electron chi connectivity index (χ1n) is 42.6. The lowest BCUT2D eigenvalue weighted by Gasteiger charge is -2.12. The third-order valence-corrected chi connectivity index (χ3v) is 27.5. The third-order valence-electron chi connectivity index (χ3n) is 24.3. The van der Waals surface area contributed by atoms with Gasteiger partial charge in [0.05, 0.1) is 100 Å². The largest absolute Gasteiger partial charge is 0.309 e. The molecule has 0 fully saturated rings. The van der Waals surface area contributed by atoms with Crippen LogP contribution in [0.4, 0.5) is 0 Å². The summed E-state index contributed by atoms with van der Waals surface area (Å²) in [6.07, 6.45) is 10.9. The van der Waals surface area contributed by atoms with Crippen molar-refractivity contribution < 1.29 is 0 Å². The van der Waals surface area contributed by atoms with Gasteiger partial charge in [-0.05, 0) is 170 Å². The first-order chi connectivity index (χ1) is 64.1. The molecule has 606 valence electrons. The van der Waals surface area contributed by atoms with Crippen molar-refractivity contribution in [3.63, 3.8) is 0 Å². The lowest BCUT2D eigenvalue weighted by molar-refractivity contribution is 1.15. The van der Waals surface area contributed by atoms with E-state index in [2.05, 4.69) is 315 Å². The second kappa shape index (κ2) is 31.2. The smallest absolute Gasteiger partial charge is 0.144 e. The van der Waals surface area contributed by atoms with Crippen LogP contribution in [0.15, 0.2) is 419 Å². The molecular weight excluding hydrogens is 1640 g/mol. The number of hydrogen-bond donors (Lipinski definition) is 0. The summed E-state index contributed by atoms with van der Waals surface area (Å²) in [6.45, 7) is 0. The van der Waals surface area contributed by atoms with Crippen molar-refractivity contribution in [3.05, 3.63) is 419 Å². The predicted molar refractivity (Wildman–Crippen MR) is 532 cm³/mol. The molecule has 27 aromatic rings. The lowest BCUT2D eigenvalue weighted by atomic mass is 10.1. The van der Waals surface area contributed by atoms with E-state index in [9.17, 15) is 0 Å². The standard InChI is InChI=1S/3C37H23N5S/c1-2-12-24(13-3-1)41-31-18-6-4-14-25(31)27-20-21-28-26-15-5-7-19-32(26)42(35(28)34(27)41)37-33(29-16-8-10-22-38-29)40-36(43-37)30-17-9-11-23-39-30;1-2-12-24(13-3-1)41-29-18-6-4-14-25(29)33-31(41)20-21-32-34(33)26-15-5-7-19-30(26)42(32)37-35(27-16-8-10-22-38-27)40-36(43-37)28-17-9-11-23-39-28;1-2-12-24(13-3-1)41-31-18-6-4-14-25(31)27-22-28-26-15-5-7-19-32(26)42(34(28)23-33(27)41)37-35(29-16-8-10-20-38-29)40-36(43-37)30-17-9-11-21-39-30/h3*1-23H. The van der Waals surface area contributed by atoms with Crippen LogP contribution in [-0.2, 0) is 0 Å². The maximum Gasteiger partial charge on any atom is 0.144 e. The summed E-state index contributed by atoms with van der Waals surface area (Å²) >= 11 is 4.95. The zero-order valence-electron chi connectivity index (χ0n) is 68.8. The maximum atomic E-state index is 5.19. The maximum absolute atomic E-state index is 5.19. The van der Waals surface area contributed by atoms with E-state index in [4.69, 9.17) is 29.9 Å². The molecule has 15 nitrogen and oxygen atoms in total. The van der Waals surface area contributed by atoms with Crippen molar-refractivity contribution in [2.45, 2.75) is 0 Å². The molecule has 0 radical (unpaired) electrons. The fraction of sp³-hybridized carbons (Fsp3) is 0. The Labute approximate surface area is 749 Å². The number of aromatic nitrogens is 15. The Morgan fingerprint density at radius 3 is 0.822 bits per heavy atom. The van der Waals surface area contributed by atoms with Crippen molar-refractivity contribution in [2.24, 2.45) is 0 Å². The molecule has 15 heterocycles. The highest BCUT2D eigenvalue weighted by atomic mass is 32.1. The summed E-state index contributed by atoms with van der Waals surface area (Å²) in [5.74, 6) is 0. The molecule has 18 heteroatoms. The number of hydrogen-bond acceptors (Lipinski definition) is 12. The monoisotopic (exact) mass is 1710 g/mol. The molecule has 0 amide bonds. The second-order valence-corrected chi connectivity index (χ2v) is 34.5. The van der Waals surface area contributed by atoms with Gasteiger partial charge in [-0.25, -0.2) is 15.0 Å². The Balaban J connectivity index is 0.000000105. The summed E-state index contributed by atoms with van der Waals surface area (Å²) in [6, 6.07) is 134. The summed E-state index contributed by atoms with van der Waals surface area (Å²) in [5, 5.41) is 20.3. The van der Waals surface area contributed by atoms with Gasteiger partial charge in [-0.2, -0.15) is 0 Å². The number of benzene rings is 12. The molecular formula is C111H69N15S3. The van der Waals surface area contributed by atoms with E-state index in [1.54, 1.807) is 34.0 Å². The van der Waals surface area contributed by atoms with Crippen molar-refractivity contribution in [3.8, 4) is 98.3 Å². The van der Waals surface area contributed by atoms with Gasteiger partial charge in [-0.1, -0.05) is 246 Å². The molecule has 0 saturated carbocycles. The van der Waals surface area contributed by atoms with Gasteiger partial charge in [0.1, 0.15) is 47.1 Å². The van der Waals surface area contributed by atoms with E-state index in [0.717, 1.165) is 137 Å². The van der Waals surface area contributed by atoms with Gasteiger partial charge in [-0.3, -0.25) is 43.6 Å². The second-order valence-electron chi connectivity index (χ2n) is 31.5. The Bertz CT molecular complexity index is 8970. The molecule has 0 unspecified atom stereocenters. The molecule has 12 aromatic carbocycles. The van der Waals surface area contributed by atoms with Crippen LogP contribution < -0.4 is 0 Å². The van der Waals surface area contributed by atoms with Crippen LogP contribution in [0.3, 0.4) is 0 Å². The molecule has 27 rings (SSSR count). The highest BCUT2D eigenvalue weighted by Crippen LogP contribution is 2.50. The van der Waals surface area contributed by atoms with Crippen LogP contribution >= 0.6 is 34.0 Å². The van der Waals surface area contributed by atoms with Gasteiger partial charge >= 0.3 is 0 Å². The Morgan fingerprint density at radius 2 is 0.434 bits per heavy atom. The Morgan fingerprint density at radius 1 is 0.171 bits per heavy atom. The van der Waals surface area contributed by atoms with Crippen LogP contribution in [-0.4, -0.2) is 72.3 Å². The number of para-hydroxylation sites is 9. The number of pyridine rings is 6. The van der Waals surface area contributed by atoms with E-state index in [-0.39, 0.29) is 0 Å². The minimum Gasteiger partial charge on any atom is -0.309 e. The zero-order chi connectivity index (χ0) is 85.0.